The predicted octanol–water partition coefficient (Wildman–Crippen LogP) is 1.32. The van der Waals surface area contributed by atoms with Gasteiger partial charge in [0.2, 0.25) is 0 Å². The van der Waals surface area contributed by atoms with Crippen LogP contribution >= 0.6 is 0 Å². The molecule has 2 heterocycles. The van der Waals surface area contributed by atoms with Crippen LogP contribution in [-0.4, -0.2) is 111 Å². The van der Waals surface area contributed by atoms with E-state index in [1.807, 2.05) is 26.8 Å². The van der Waals surface area contributed by atoms with E-state index in [4.69, 9.17) is 23.7 Å². The summed E-state index contributed by atoms with van der Waals surface area (Å²) < 4.78 is 28.5. The number of carbonyl (C=O) groups excluding carboxylic acids is 1. The van der Waals surface area contributed by atoms with Crippen LogP contribution in [0.2, 0.25) is 0 Å². The summed E-state index contributed by atoms with van der Waals surface area (Å²) >= 11 is 0. The van der Waals surface area contributed by atoms with Gasteiger partial charge in [0.1, 0.15) is 42.4 Å². The lowest BCUT2D eigenvalue weighted by atomic mass is 9.97. The zero-order valence-corrected chi connectivity index (χ0v) is 24.9. The summed E-state index contributed by atoms with van der Waals surface area (Å²) in [6.07, 6.45) is -5.92. The SMILES string of the molecule is CC(C)=CCC/C(C)=C/CO[C@@H]1O[C@H](CO)[C@H](OC(=O)/C=C/c2ccc(O)cc2)[C@H](O[C@@H]2O[C@@H](C)[C@H](O)[C@@H](O)[C@H]2O)[C@H]1O. The lowest BCUT2D eigenvalue weighted by Gasteiger charge is -2.46. The smallest absolute Gasteiger partial charge is 0.331 e. The van der Waals surface area contributed by atoms with Crippen LogP contribution in [-0.2, 0) is 28.5 Å². The molecule has 0 bridgehead atoms. The Bertz CT molecular complexity index is 1110. The van der Waals surface area contributed by atoms with E-state index in [1.54, 1.807) is 12.1 Å². The molecule has 10 atom stereocenters. The number of rotatable bonds is 12. The molecule has 0 amide bonds. The largest absolute Gasteiger partial charge is 0.508 e. The van der Waals surface area contributed by atoms with Crippen LogP contribution in [0.5, 0.6) is 5.75 Å². The number of esters is 1. The molecule has 2 fully saturated rings. The number of phenols is 1. The molecule has 0 spiro atoms. The van der Waals surface area contributed by atoms with Gasteiger partial charge in [-0.3, -0.25) is 0 Å². The highest BCUT2D eigenvalue weighted by atomic mass is 16.7. The fraction of sp³-hybridized carbons (Fsp3) is 0.581. The first-order valence-corrected chi connectivity index (χ1v) is 14.3. The molecule has 0 aliphatic carbocycles. The van der Waals surface area contributed by atoms with Crippen molar-refractivity contribution in [1.82, 2.24) is 0 Å². The molecule has 0 unspecified atom stereocenters. The number of hydrogen-bond acceptors (Lipinski definition) is 12. The summed E-state index contributed by atoms with van der Waals surface area (Å²) in [5, 5.41) is 61.7. The van der Waals surface area contributed by atoms with Crippen molar-refractivity contribution in [3.8, 4) is 5.75 Å². The van der Waals surface area contributed by atoms with Gasteiger partial charge in [0.25, 0.3) is 0 Å². The molecule has 12 nitrogen and oxygen atoms in total. The van der Waals surface area contributed by atoms with Gasteiger partial charge in [0, 0.05) is 6.08 Å². The van der Waals surface area contributed by atoms with Gasteiger partial charge >= 0.3 is 5.97 Å². The van der Waals surface area contributed by atoms with E-state index in [1.165, 1.54) is 30.7 Å². The first kappa shape index (κ1) is 34.8. The molecular formula is C31H44O12. The van der Waals surface area contributed by atoms with Crippen molar-refractivity contribution >= 4 is 12.0 Å². The number of aliphatic hydroxyl groups excluding tert-OH is 5. The van der Waals surface area contributed by atoms with Crippen LogP contribution in [0.25, 0.3) is 6.08 Å². The number of aliphatic hydroxyl groups is 5. The van der Waals surface area contributed by atoms with E-state index >= 15 is 0 Å². The third kappa shape index (κ3) is 9.93. The van der Waals surface area contributed by atoms with Gasteiger partial charge in [-0.15, -0.1) is 0 Å². The lowest BCUT2D eigenvalue weighted by molar-refractivity contribution is -0.356. The highest BCUT2D eigenvalue weighted by molar-refractivity contribution is 5.87. The van der Waals surface area contributed by atoms with Crippen molar-refractivity contribution in [1.29, 1.82) is 0 Å². The van der Waals surface area contributed by atoms with Crippen LogP contribution < -0.4 is 0 Å². The number of aromatic hydroxyl groups is 1. The molecule has 0 saturated carbocycles. The van der Waals surface area contributed by atoms with E-state index < -0.39 is 74.0 Å². The predicted molar refractivity (Wildman–Crippen MR) is 154 cm³/mol. The number of carbonyl (C=O) groups is 1. The molecule has 6 N–H and O–H groups in total. The number of allylic oxidation sites excluding steroid dienone is 3. The van der Waals surface area contributed by atoms with E-state index in [0.29, 0.717) is 5.56 Å². The first-order chi connectivity index (χ1) is 20.4. The Morgan fingerprint density at radius 2 is 1.60 bits per heavy atom. The van der Waals surface area contributed by atoms with Crippen LogP contribution in [0, 0.1) is 0 Å². The molecule has 1 aromatic rings. The van der Waals surface area contributed by atoms with Gasteiger partial charge < -0.3 is 54.3 Å². The summed E-state index contributed by atoms with van der Waals surface area (Å²) in [6, 6.07) is 6.06. The van der Waals surface area contributed by atoms with Crippen molar-refractivity contribution in [2.45, 2.75) is 102 Å². The first-order valence-electron chi connectivity index (χ1n) is 14.3. The molecule has 43 heavy (non-hydrogen) atoms. The maximum absolute atomic E-state index is 12.8. The Morgan fingerprint density at radius 3 is 2.26 bits per heavy atom. The summed E-state index contributed by atoms with van der Waals surface area (Å²) in [6.45, 7) is 6.89. The second-order valence-corrected chi connectivity index (χ2v) is 11.0. The van der Waals surface area contributed by atoms with Gasteiger partial charge in [-0.05, 0) is 64.3 Å². The number of hydrogen-bond donors (Lipinski definition) is 6. The summed E-state index contributed by atoms with van der Waals surface area (Å²) in [5.74, 6) is -0.798. The Balaban J connectivity index is 1.78. The maximum Gasteiger partial charge on any atom is 0.331 e. The molecule has 3 rings (SSSR count). The van der Waals surface area contributed by atoms with E-state index in [0.717, 1.165) is 24.5 Å². The average molecular weight is 609 g/mol. The molecule has 0 radical (unpaired) electrons. The van der Waals surface area contributed by atoms with Gasteiger partial charge in [0.15, 0.2) is 18.7 Å². The standard InChI is InChI=1S/C31H44O12/c1-17(2)6-5-7-18(3)14-15-39-30-27(38)29(43-31-26(37)25(36)24(35)19(4)40-31)28(22(16-32)41-30)42-23(34)13-10-20-8-11-21(33)12-9-20/h6,8-14,19,22,24-33,35-38H,5,7,15-16H2,1-4H3/b13-10+,18-14+/t19-,22+,24-,25+,26+,27+,28-,29+,30+,31-/m0/s1. The van der Waals surface area contributed by atoms with E-state index in [-0.39, 0.29) is 12.4 Å². The second-order valence-electron chi connectivity index (χ2n) is 11.0. The van der Waals surface area contributed by atoms with Crippen molar-refractivity contribution in [3.05, 3.63) is 59.2 Å². The number of ether oxygens (including phenoxy) is 5. The molecule has 240 valence electrons. The second kappa shape index (κ2) is 16.4. The normalized spacial score (nSPS) is 33.4. The minimum absolute atomic E-state index is 0.0593. The fourth-order valence-electron chi connectivity index (χ4n) is 4.66. The van der Waals surface area contributed by atoms with Crippen LogP contribution in [0.15, 0.2) is 53.6 Å². The number of phenolic OH excluding ortho intramolecular Hbond substituents is 1. The molecule has 2 aliphatic heterocycles. The van der Waals surface area contributed by atoms with Crippen LogP contribution in [0.3, 0.4) is 0 Å². The van der Waals surface area contributed by atoms with Gasteiger partial charge in [-0.1, -0.05) is 35.4 Å². The van der Waals surface area contributed by atoms with Crippen LogP contribution in [0.4, 0.5) is 0 Å². The van der Waals surface area contributed by atoms with Gasteiger partial charge in [0.05, 0.1) is 19.3 Å². The Kier molecular flexibility index (Phi) is 13.3. The third-order valence-corrected chi connectivity index (χ3v) is 7.23. The minimum Gasteiger partial charge on any atom is -0.508 e. The molecule has 2 aliphatic rings. The monoisotopic (exact) mass is 608 g/mol. The van der Waals surface area contributed by atoms with Crippen molar-refractivity contribution < 1.29 is 59.1 Å². The van der Waals surface area contributed by atoms with Gasteiger partial charge in [-0.25, -0.2) is 4.79 Å². The van der Waals surface area contributed by atoms with Crippen molar-refractivity contribution in [2.24, 2.45) is 0 Å². The summed E-state index contributed by atoms with van der Waals surface area (Å²) in [4.78, 5) is 12.8. The molecule has 12 heteroatoms. The summed E-state index contributed by atoms with van der Waals surface area (Å²) in [7, 11) is 0. The fourth-order valence-corrected chi connectivity index (χ4v) is 4.66. The van der Waals surface area contributed by atoms with E-state index in [2.05, 4.69) is 6.08 Å². The van der Waals surface area contributed by atoms with Crippen molar-refractivity contribution in [3.63, 3.8) is 0 Å². The zero-order chi connectivity index (χ0) is 31.7. The molecular weight excluding hydrogens is 564 g/mol. The Morgan fingerprint density at radius 1 is 0.907 bits per heavy atom. The lowest BCUT2D eigenvalue weighted by Crippen LogP contribution is -2.65. The zero-order valence-electron chi connectivity index (χ0n) is 24.9. The van der Waals surface area contributed by atoms with Crippen LogP contribution in [0.1, 0.15) is 46.1 Å². The van der Waals surface area contributed by atoms with Crippen molar-refractivity contribution in [2.75, 3.05) is 13.2 Å². The molecule has 0 aromatic heterocycles. The Labute approximate surface area is 251 Å². The Hall–Kier alpha value is -2.65. The quantitative estimate of drug-likeness (QED) is 0.114. The minimum atomic E-state index is -1.70. The highest BCUT2D eigenvalue weighted by Crippen LogP contribution is 2.31. The molecule has 1 aromatic carbocycles. The number of benzene rings is 1. The topological polar surface area (TPSA) is 185 Å². The highest BCUT2D eigenvalue weighted by Gasteiger charge is 2.52. The maximum atomic E-state index is 12.8. The third-order valence-electron chi connectivity index (χ3n) is 7.23. The molecule has 2 saturated heterocycles. The van der Waals surface area contributed by atoms with Gasteiger partial charge in [-0.2, -0.15) is 0 Å². The summed E-state index contributed by atoms with van der Waals surface area (Å²) in [5.41, 5.74) is 2.87. The average Bonchev–Trinajstić information content (AvgIpc) is 2.97. The van der Waals surface area contributed by atoms with E-state index in [9.17, 15) is 35.4 Å².